The average Bonchev–Trinajstić information content (AvgIpc) is 3.48. The van der Waals surface area contributed by atoms with Gasteiger partial charge in [-0.1, -0.05) is 12.1 Å². The number of aromatic carboxylic acids is 1. The average molecular weight is 463 g/mol. The molecule has 4 aromatic rings. The summed E-state index contributed by atoms with van der Waals surface area (Å²) in [6.45, 7) is 3.70. The van der Waals surface area contributed by atoms with Crippen LogP contribution in [0.3, 0.4) is 0 Å². The number of likely N-dealkylation sites (tertiary alicyclic amines) is 1. The first kappa shape index (κ1) is 22.2. The molecule has 1 aliphatic heterocycles. The second-order valence-corrected chi connectivity index (χ2v) is 8.77. The molecule has 5 rings (SSSR count). The van der Waals surface area contributed by atoms with Crippen LogP contribution in [0.2, 0.25) is 0 Å². The zero-order valence-electron chi connectivity index (χ0n) is 18.8. The number of halogens is 1. The molecule has 34 heavy (non-hydrogen) atoms. The van der Waals surface area contributed by atoms with Crippen molar-refractivity contribution in [2.45, 2.75) is 25.3 Å². The molecule has 1 fully saturated rings. The first-order valence-electron chi connectivity index (χ1n) is 11.6. The minimum atomic E-state index is -0.983. The fourth-order valence-corrected chi connectivity index (χ4v) is 4.85. The highest BCUT2D eigenvalue weighted by Gasteiger charge is 2.24. The molecular weight excluding hydrogens is 435 g/mol. The molecule has 2 aromatic carbocycles. The molecule has 1 aliphatic rings. The van der Waals surface area contributed by atoms with Crippen molar-refractivity contribution in [3.05, 3.63) is 89.8 Å². The number of para-hydroxylation sites is 1. The van der Waals surface area contributed by atoms with E-state index in [1.54, 1.807) is 42.9 Å². The van der Waals surface area contributed by atoms with Crippen LogP contribution in [0.25, 0.3) is 10.9 Å². The predicted octanol–water partition coefficient (Wildman–Crippen LogP) is 5.38. The van der Waals surface area contributed by atoms with Crippen LogP contribution in [0.4, 0.5) is 4.39 Å². The van der Waals surface area contributed by atoms with Crippen molar-refractivity contribution >= 4 is 16.9 Å². The SMILES string of the molecule is O=C(O)c1ccccc1OCCN1CCC(c2cn(Cc3ccoc3)c3cc(F)ccc23)CC1. The van der Waals surface area contributed by atoms with Crippen molar-refractivity contribution in [1.29, 1.82) is 0 Å². The van der Waals surface area contributed by atoms with E-state index in [9.17, 15) is 14.3 Å². The van der Waals surface area contributed by atoms with E-state index in [0.29, 0.717) is 24.8 Å². The lowest BCUT2D eigenvalue weighted by molar-refractivity contribution is 0.0691. The molecule has 6 nitrogen and oxygen atoms in total. The third kappa shape index (κ3) is 4.70. The van der Waals surface area contributed by atoms with Gasteiger partial charge in [-0.3, -0.25) is 4.90 Å². The predicted molar refractivity (Wildman–Crippen MR) is 127 cm³/mol. The quantitative estimate of drug-likeness (QED) is 0.381. The molecular formula is C27H27FN2O4. The molecule has 0 radical (unpaired) electrons. The molecule has 3 heterocycles. The maximum absolute atomic E-state index is 14.0. The Hall–Kier alpha value is -3.58. The summed E-state index contributed by atoms with van der Waals surface area (Å²) in [6.07, 6.45) is 7.56. The van der Waals surface area contributed by atoms with Gasteiger partial charge in [0.15, 0.2) is 0 Å². The van der Waals surface area contributed by atoms with Gasteiger partial charge in [-0.2, -0.15) is 0 Å². The van der Waals surface area contributed by atoms with Crippen molar-refractivity contribution in [2.75, 3.05) is 26.2 Å². The lowest BCUT2D eigenvalue weighted by Gasteiger charge is -2.31. The number of furan rings is 1. The van der Waals surface area contributed by atoms with E-state index in [4.69, 9.17) is 9.15 Å². The standard InChI is InChI=1S/C27H27FN2O4/c28-21-5-6-22-24(17-30(25(22)15-21)16-19-9-13-33-18-19)20-7-10-29(11-8-20)12-14-34-26-4-2-1-3-23(26)27(31)32/h1-6,9,13,15,17-18,20H,7-8,10-12,14,16H2,(H,31,32). The highest BCUT2D eigenvalue weighted by atomic mass is 19.1. The minimum absolute atomic E-state index is 0.185. The monoisotopic (exact) mass is 462 g/mol. The van der Waals surface area contributed by atoms with E-state index in [2.05, 4.69) is 15.7 Å². The molecule has 2 aromatic heterocycles. The Morgan fingerprint density at radius 1 is 1.15 bits per heavy atom. The van der Waals surface area contributed by atoms with Crippen LogP contribution in [0.1, 0.15) is 40.2 Å². The van der Waals surface area contributed by atoms with Crippen LogP contribution in [0, 0.1) is 5.82 Å². The Labute approximate surface area is 197 Å². The second kappa shape index (κ2) is 9.73. The van der Waals surface area contributed by atoms with Crippen LogP contribution in [0.5, 0.6) is 5.75 Å². The normalized spacial score (nSPS) is 15.1. The Bertz CT molecular complexity index is 1270. The first-order chi connectivity index (χ1) is 16.6. The van der Waals surface area contributed by atoms with Crippen LogP contribution in [0.15, 0.2) is 71.7 Å². The highest BCUT2D eigenvalue weighted by Crippen LogP contribution is 2.35. The van der Waals surface area contributed by atoms with Gasteiger partial charge < -0.3 is 18.8 Å². The molecule has 0 unspecified atom stereocenters. The number of hydrogen-bond donors (Lipinski definition) is 1. The lowest BCUT2D eigenvalue weighted by atomic mass is 9.89. The molecule has 0 bridgehead atoms. The van der Waals surface area contributed by atoms with Gasteiger partial charge in [0.25, 0.3) is 0 Å². The van der Waals surface area contributed by atoms with Gasteiger partial charge in [0.05, 0.1) is 24.6 Å². The number of carboxylic acids is 1. The van der Waals surface area contributed by atoms with Crippen LogP contribution in [-0.4, -0.2) is 46.8 Å². The lowest BCUT2D eigenvalue weighted by Crippen LogP contribution is -2.35. The molecule has 0 atom stereocenters. The summed E-state index contributed by atoms with van der Waals surface area (Å²) in [5.41, 5.74) is 3.41. The Balaban J connectivity index is 1.23. The molecule has 0 amide bonds. The zero-order chi connectivity index (χ0) is 23.5. The minimum Gasteiger partial charge on any atom is -0.491 e. The number of fused-ring (bicyclic) bond motifs is 1. The number of nitrogens with zero attached hydrogens (tertiary/aromatic N) is 2. The summed E-state index contributed by atoms with van der Waals surface area (Å²) in [5.74, 6) is -0.404. The second-order valence-electron chi connectivity index (χ2n) is 8.77. The number of ether oxygens (including phenoxy) is 1. The van der Waals surface area contributed by atoms with Gasteiger partial charge in [-0.25, -0.2) is 9.18 Å². The summed E-state index contributed by atoms with van der Waals surface area (Å²) in [5, 5.41) is 10.4. The number of piperidine rings is 1. The van der Waals surface area contributed by atoms with Crippen molar-refractivity contribution in [2.24, 2.45) is 0 Å². The Morgan fingerprint density at radius 3 is 2.74 bits per heavy atom. The van der Waals surface area contributed by atoms with Crippen molar-refractivity contribution in [3.63, 3.8) is 0 Å². The summed E-state index contributed by atoms with van der Waals surface area (Å²) in [4.78, 5) is 13.7. The van der Waals surface area contributed by atoms with Crippen molar-refractivity contribution < 1.29 is 23.4 Å². The van der Waals surface area contributed by atoms with Gasteiger partial charge in [-0.15, -0.1) is 0 Å². The number of aromatic nitrogens is 1. The van der Waals surface area contributed by atoms with Crippen LogP contribution < -0.4 is 4.74 Å². The molecule has 1 N–H and O–H groups in total. The number of carbonyl (C=O) groups is 1. The first-order valence-corrected chi connectivity index (χ1v) is 11.6. The van der Waals surface area contributed by atoms with Gasteiger partial charge in [0, 0.05) is 23.7 Å². The van der Waals surface area contributed by atoms with Crippen molar-refractivity contribution in [1.82, 2.24) is 9.47 Å². The third-order valence-corrected chi connectivity index (χ3v) is 6.62. The molecule has 1 saturated heterocycles. The molecule has 0 aliphatic carbocycles. The van der Waals surface area contributed by atoms with Gasteiger partial charge in [-0.05, 0) is 73.8 Å². The van der Waals surface area contributed by atoms with E-state index in [1.165, 1.54) is 11.6 Å². The van der Waals surface area contributed by atoms with Crippen molar-refractivity contribution in [3.8, 4) is 5.75 Å². The van der Waals surface area contributed by atoms with E-state index >= 15 is 0 Å². The fourth-order valence-electron chi connectivity index (χ4n) is 4.85. The Kier molecular flexibility index (Phi) is 6.36. The number of hydrogen-bond acceptors (Lipinski definition) is 4. The third-order valence-electron chi connectivity index (χ3n) is 6.62. The number of benzene rings is 2. The molecule has 0 saturated carbocycles. The highest BCUT2D eigenvalue weighted by molar-refractivity contribution is 5.90. The topological polar surface area (TPSA) is 67.8 Å². The fraction of sp³-hybridized carbons (Fsp3) is 0.296. The summed E-state index contributed by atoms with van der Waals surface area (Å²) >= 11 is 0. The van der Waals surface area contributed by atoms with E-state index in [-0.39, 0.29) is 11.4 Å². The van der Waals surface area contributed by atoms with Gasteiger partial charge >= 0.3 is 5.97 Å². The van der Waals surface area contributed by atoms with Gasteiger partial charge in [0.2, 0.25) is 0 Å². The van der Waals surface area contributed by atoms with Crippen LogP contribution >= 0.6 is 0 Å². The molecule has 176 valence electrons. The zero-order valence-corrected chi connectivity index (χ0v) is 18.8. The smallest absolute Gasteiger partial charge is 0.339 e. The number of rotatable bonds is 8. The summed E-state index contributed by atoms with van der Waals surface area (Å²) in [7, 11) is 0. The van der Waals surface area contributed by atoms with E-state index in [0.717, 1.165) is 48.9 Å². The summed E-state index contributed by atoms with van der Waals surface area (Å²) in [6, 6.07) is 13.7. The summed E-state index contributed by atoms with van der Waals surface area (Å²) < 4.78 is 27.1. The Morgan fingerprint density at radius 2 is 1.97 bits per heavy atom. The maximum Gasteiger partial charge on any atom is 0.339 e. The van der Waals surface area contributed by atoms with Crippen LogP contribution in [-0.2, 0) is 6.54 Å². The molecule has 0 spiro atoms. The number of carboxylic acid groups (broad SMARTS) is 1. The van der Waals surface area contributed by atoms with E-state index < -0.39 is 5.97 Å². The molecule has 7 heteroatoms. The maximum atomic E-state index is 14.0. The van der Waals surface area contributed by atoms with Gasteiger partial charge in [0.1, 0.15) is 23.7 Å². The largest absolute Gasteiger partial charge is 0.491 e. The van der Waals surface area contributed by atoms with E-state index in [1.807, 2.05) is 12.1 Å².